The van der Waals surface area contributed by atoms with Crippen molar-refractivity contribution in [3.05, 3.63) is 84.2 Å². The Balaban J connectivity index is 1.31. The molecule has 1 aliphatic heterocycles. The van der Waals surface area contributed by atoms with E-state index in [4.69, 9.17) is 15.5 Å². The average Bonchev–Trinajstić information content (AvgIpc) is 3.63. The molecule has 0 spiro atoms. The molecule has 5 aromatic rings. The first kappa shape index (κ1) is 28.5. The van der Waals surface area contributed by atoms with Gasteiger partial charge in [-0.1, -0.05) is 60.7 Å². The van der Waals surface area contributed by atoms with E-state index in [1.807, 2.05) is 66.7 Å². The smallest absolute Gasteiger partial charge is 0.410 e. The number of benzene rings is 3. The Bertz CT molecular complexity index is 1860. The van der Waals surface area contributed by atoms with Gasteiger partial charge in [0.1, 0.15) is 17.9 Å². The van der Waals surface area contributed by atoms with Crippen molar-refractivity contribution in [2.45, 2.75) is 49.4 Å². The highest BCUT2D eigenvalue weighted by Crippen LogP contribution is 2.38. The summed E-state index contributed by atoms with van der Waals surface area (Å²) >= 11 is 0. The highest BCUT2D eigenvalue weighted by Gasteiger charge is 2.30. The number of nitrogen functional groups attached to an aromatic ring is 1. The summed E-state index contributed by atoms with van der Waals surface area (Å²) in [4.78, 5) is 30.5. The first-order chi connectivity index (χ1) is 20.7. The maximum absolute atomic E-state index is 13.4. The van der Waals surface area contributed by atoms with Crippen LogP contribution >= 0.6 is 0 Å². The third-order valence-electron chi connectivity index (χ3n) is 7.90. The number of hydrogen-bond acceptors (Lipinski definition) is 7. The van der Waals surface area contributed by atoms with Gasteiger partial charge >= 0.3 is 6.09 Å². The number of amides is 1. The van der Waals surface area contributed by atoms with Gasteiger partial charge in [0.15, 0.2) is 15.8 Å². The Morgan fingerprint density at radius 3 is 2.33 bits per heavy atom. The predicted molar refractivity (Wildman–Crippen MR) is 166 cm³/mol. The number of nitrogens with two attached hydrogens (primary N) is 1. The molecular weight excluding hydrogens is 564 g/mol. The van der Waals surface area contributed by atoms with E-state index in [9.17, 15) is 13.2 Å². The maximum Gasteiger partial charge on any atom is 0.410 e. The number of nitrogens with zero attached hydrogens (tertiary/aromatic N) is 3. The van der Waals surface area contributed by atoms with Gasteiger partial charge in [-0.05, 0) is 44.4 Å². The molecule has 1 amide bonds. The van der Waals surface area contributed by atoms with Gasteiger partial charge in [0.2, 0.25) is 0 Å². The summed E-state index contributed by atoms with van der Waals surface area (Å²) in [5, 5.41) is -0.642. The molecule has 10 nitrogen and oxygen atoms in total. The summed E-state index contributed by atoms with van der Waals surface area (Å²) in [6.07, 6.45) is 1.11. The number of sulfone groups is 1. The normalized spacial score (nSPS) is 14.4. The van der Waals surface area contributed by atoms with Crippen molar-refractivity contribution >= 4 is 32.9 Å². The Hall–Kier alpha value is -4.64. The second-order valence-corrected chi connectivity index (χ2v) is 13.6. The van der Waals surface area contributed by atoms with Crippen molar-refractivity contribution in [1.29, 1.82) is 0 Å². The van der Waals surface area contributed by atoms with Crippen molar-refractivity contribution in [2.24, 2.45) is 0 Å². The molecule has 0 unspecified atom stereocenters. The molecule has 2 aromatic heterocycles. The van der Waals surface area contributed by atoms with Crippen LogP contribution in [0.3, 0.4) is 0 Å². The Morgan fingerprint density at radius 1 is 0.977 bits per heavy atom. The monoisotopic (exact) mass is 598 g/mol. The quantitative estimate of drug-likeness (QED) is 0.211. The molecule has 0 saturated carbocycles. The number of carbonyl (C=O) groups excluding carboxylic acids is 1. The Kier molecular flexibility index (Phi) is 7.66. The van der Waals surface area contributed by atoms with E-state index in [1.54, 1.807) is 24.8 Å². The van der Waals surface area contributed by atoms with Crippen LogP contribution in [0.15, 0.2) is 77.7 Å². The van der Waals surface area contributed by atoms with Gasteiger partial charge in [0.25, 0.3) is 0 Å². The molecule has 1 fully saturated rings. The molecule has 11 heteroatoms. The minimum absolute atomic E-state index is 0.0831. The van der Waals surface area contributed by atoms with Crippen molar-refractivity contribution in [2.75, 3.05) is 18.8 Å². The van der Waals surface area contributed by atoms with Crippen LogP contribution in [0.2, 0.25) is 0 Å². The number of fused-ring (bicyclic) bond motifs is 1. The lowest BCUT2D eigenvalue weighted by atomic mass is 9.96. The average molecular weight is 599 g/mol. The van der Waals surface area contributed by atoms with Crippen LogP contribution in [-0.2, 0) is 21.2 Å². The molecule has 1 aliphatic rings. The van der Waals surface area contributed by atoms with Crippen molar-refractivity contribution in [3.8, 4) is 22.5 Å². The van der Waals surface area contributed by atoms with Crippen LogP contribution in [0.1, 0.15) is 44.0 Å². The zero-order chi connectivity index (χ0) is 30.1. The second-order valence-electron chi connectivity index (χ2n) is 11.1. The maximum atomic E-state index is 13.4. The number of imidazole rings is 2. The lowest BCUT2D eigenvalue weighted by Crippen LogP contribution is -2.38. The number of likely N-dealkylation sites (tertiary alicyclic amines) is 1. The molecule has 4 N–H and O–H groups in total. The fourth-order valence-corrected chi connectivity index (χ4v) is 6.69. The predicted octanol–water partition coefficient (Wildman–Crippen LogP) is 5.90. The van der Waals surface area contributed by atoms with E-state index in [2.05, 4.69) is 15.0 Å². The van der Waals surface area contributed by atoms with Gasteiger partial charge < -0.3 is 25.3 Å². The molecule has 0 radical (unpaired) electrons. The number of hydrogen-bond donors (Lipinski definition) is 3. The summed E-state index contributed by atoms with van der Waals surface area (Å²) in [7, 11) is -3.67. The molecule has 0 bridgehead atoms. The lowest BCUT2D eigenvalue weighted by molar-refractivity contribution is 0.0866. The first-order valence-electron chi connectivity index (χ1n) is 14.3. The van der Waals surface area contributed by atoms with Crippen LogP contribution < -0.4 is 5.73 Å². The highest BCUT2D eigenvalue weighted by atomic mass is 32.2. The number of ether oxygens (including phenoxy) is 1. The fraction of sp³-hybridized carbons (Fsp3) is 0.281. The van der Waals surface area contributed by atoms with Crippen molar-refractivity contribution in [3.63, 3.8) is 0 Å². The first-order valence-corrected chi connectivity index (χ1v) is 15.9. The van der Waals surface area contributed by atoms with Gasteiger partial charge in [-0.3, -0.25) is 0 Å². The number of H-pyrrole nitrogens is 2. The molecule has 3 heterocycles. The van der Waals surface area contributed by atoms with Crippen LogP contribution in [0.4, 0.5) is 10.7 Å². The van der Waals surface area contributed by atoms with E-state index in [1.165, 1.54) is 0 Å². The van der Waals surface area contributed by atoms with Gasteiger partial charge in [0, 0.05) is 30.1 Å². The number of aromatic nitrogens is 4. The van der Waals surface area contributed by atoms with Gasteiger partial charge in [-0.15, -0.1) is 0 Å². The summed E-state index contributed by atoms with van der Waals surface area (Å²) in [5.74, 6) is 1.02. The van der Waals surface area contributed by atoms with E-state index >= 15 is 0 Å². The van der Waals surface area contributed by atoms with Gasteiger partial charge in [-0.2, -0.15) is 0 Å². The SMILES string of the molecule is CC(C)S(=O)(=O)c1cc(-c2nc(C3CCN(C(=O)OCc4ccccc4)CC3)[nH]c2-c2ccccc2)cc2[nH]c(N)nc12. The molecular formula is C32H34N6O4S. The number of nitrogens with one attached hydrogen (secondary N) is 2. The summed E-state index contributed by atoms with van der Waals surface area (Å²) in [5.41, 5.74) is 10.7. The number of piperidine rings is 1. The molecule has 0 atom stereocenters. The number of anilines is 1. The van der Waals surface area contributed by atoms with E-state index in [-0.39, 0.29) is 29.5 Å². The third-order valence-corrected chi connectivity index (χ3v) is 10.1. The van der Waals surface area contributed by atoms with E-state index in [0.29, 0.717) is 48.2 Å². The van der Waals surface area contributed by atoms with Crippen LogP contribution in [0.25, 0.3) is 33.5 Å². The molecule has 3 aromatic carbocycles. The van der Waals surface area contributed by atoms with Crippen molar-refractivity contribution < 1.29 is 17.9 Å². The number of rotatable bonds is 7. The fourth-order valence-electron chi connectivity index (χ4n) is 5.47. The zero-order valence-corrected chi connectivity index (χ0v) is 24.9. The van der Waals surface area contributed by atoms with Crippen LogP contribution in [0.5, 0.6) is 0 Å². The molecule has 6 rings (SSSR count). The van der Waals surface area contributed by atoms with Crippen LogP contribution in [-0.4, -0.2) is 57.7 Å². The minimum Gasteiger partial charge on any atom is -0.445 e. The van der Waals surface area contributed by atoms with Gasteiger partial charge in [0.05, 0.1) is 27.0 Å². The standard InChI is InChI=1S/C32H34N6O4S/c1-20(2)43(40,41)26-18-24(17-25-29(26)37-31(33)34-25)28-27(22-11-7-4-8-12-22)35-30(36-28)23-13-15-38(16-14-23)32(39)42-19-21-9-5-3-6-10-21/h3-12,17-18,20,23H,13-16,19H2,1-2H3,(H,35,36)(H3,33,34,37). The molecule has 1 saturated heterocycles. The van der Waals surface area contributed by atoms with Crippen molar-refractivity contribution in [1.82, 2.24) is 24.8 Å². The Morgan fingerprint density at radius 2 is 1.65 bits per heavy atom. The largest absolute Gasteiger partial charge is 0.445 e. The number of aromatic amines is 2. The third kappa shape index (κ3) is 5.72. The zero-order valence-electron chi connectivity index (χ0n) is 24.1. The summed E-state index contributed by atoms with van der Waals surface area (Å²) in [6.45, 7) is 4.63. The lowest BCUT2D eigenvalue weighted by Gasteiger charge is -2.30. The molecule has 0 aliphatic carbocycles. The van der Waals surface area contributed by atoms with E-state index in [0.717, 1.165) is 22.6 Å². The Labute approximate surface area is 250 Å². The molecule has 43 heavy (non-hydrogen) atoms. The van der Waals surface area contributed by atoms with Gasteiger partial charge in [-0.25, -0.2) is 23.2 Å². The highest BCUT2D eigenvalue weighted by molar-refractivity contribution is 7.92. The topological polar surface area (TPSA) is 147 Å². The number of carbonyl (C=O) groups is 1. The second kappa shape index (κ2) is 11.6. The van der Waals surface area contributed by atoms with E-state index < -0.39 is 15.1 Å². The summed E-state index contributed by atoms with van der Waals surface area (Å²) in [6, 6.07) is 22.9. The molecule has 222 valence electrons. The van der Waals surface area contributed by atoms with Crippen LogP contribution in [0, 0.1) is 0 Å². The minimum atomic E-state index is -3.67. The summed E-state index contributed by atoms with van der Waals surface area (Å²) < 4.78 is 32.3.